The van der Waals surface area contributed by atoms with Crippen molar-refractivity contribution in [3.8, 4) is 5.69 Å². The van der Waals surface area contributed by atoms with E-state index in [-0.39, 0.29) is 17.5 Å². The molecule has 170 valence electrons. The van der Waals surface area contributed by atoms with Crippen molar-refractivity contribution in [1.29, 1.82) is 0 Å². The molecule has 7 heteroatoms. The number of aromatic nitrogens is 2. The highest BCUT2D eigenvalue weighted by atomic mass is 19.1. The van der Waals surface area contributed by atoms with Crippen molar-refractivity contribution in [2.45, 2.75) is 51.6 Å². The van der Waals surface area contributed by atoms with Crippen molar-refractivity contribution in [2.75, 3.05) is 0 Å². The van der Waals surface area contributed by atoms with Crippen molar-refractivity contribution in [3.05, 3.63) is 88.3 Å². The maximum Gasteiger partial charge on any atom is 0.250 e. The minimum Gasteiger partial charge on any atom is -0.329 e. The Kier molecular flexibility index (Phi) is 5.35. The van der Waals surface area contributed by atoms with Gasteiger partial charge in [-0.05, 0) is 68.9 Å². The zero-order valence-corrected chi connectivity index (χ0v) is 18.5. The van der Waals surface area contributed by atoms with Gasteiger partial charge >= 0.3 is 0 Å². The first kappa shape index (κ1) is 21.5. The molecule has 3 aromatic rings. The van der Waals surface area contributed by atoms with Crippen LogP contribution in [0.3, 0.4) is 0 Å². The molecule has 4 nitrogen and oxygen atoms in total. The van der Waals surface area contributed by atoms with Gasteiger partial charge in [-0.25, -0.2) is 18.2 Å². The molecular weight excluding hydrogens is 427 g/mol. The Morgan fingerprint density at radius 2 is 1.79 bits per heavy atom. The van der Waals surface area contributed by atoms with Crippen LogP contribution in [0, 0.1) is 31.3 Å². The lowest BCUT2D eigenvalue weighted by molar-refractivity contribution is -0.132. The highest BCUT2D eigenvalue weighted by Crippen LogP contribution is 2.44. The van der Waals surface area contributed by atoms with E-state index in [0.717, 1.165) is 28.9 Å². The van der Waals surface area contributed by atoms with E-state index in [4.69, 9.17) is 0 Å². The summed E-state index contributed by atoms with van der Waals surface area (Å²) in [5, 5.41) is 0. The third kappa shape index (κ3) is 3.86. The topological polar surface area (TPSA) is 38.1 Å². The van der Waals surface area contributed by atoms with E-state index in [1.807, 2.05) is 48.9 Å². The quantitative estimate of drug-likeness (QED) is 0.471. The standard InChI is InChI=1S/C26H24F3N3O/c1-15-9-17(3-7-23(15)31-13-16(2)30-14-31)10-18-4-5-20-6-8-24(32(20)26(18)33)25-21(28)11-19(27)12-22(25)29/h3,7,9-14,20,24H,4-6,8H2,1-2H3/b18-10+/t20-,24-/m0/s1. The minimum absolute atomic E-state index is 0.0582. The maximum atomic E-state index is 14.5. The van der Waals surface area contributed by atoms with Crippen LogP contribution in [0.25, 0.3) is 11.8 Å². The van der Waals surface area contributed by atoms with E-state index in [2.05, 4.69) is 4.98 Å². The molecule has 2 fully saturated rings. The number of hydrogen-bond acceptors (Lipinski definition) is 2. The predicted octanol–water partition coefficient (Wildman–Crippen LogP) is 5.82. The van der Waals surface area contributed by atoms with Gasteiger partial charge in [0, 0.05) is 41.2 Å². The smallest absolute Gasteiger partial charge is 0.250 e. The summed E-state index contributed by atoms with van der Waals surface area (Å²) in [6, 6.07) is 6.53. The predicted molar refractivity (Wildman–Crippen MR) is 119 cm³/mol. The number of nitrogens with zero attached hydrogens (tertiary/aromatic N) is 3. The Hall–Kier alpha value is -3.35. The van der Waals surface area contributed by atoms with Crippen LogP contribution in [0.15, 0.2) is 48.4 Å². The minimum atomic E-state index is -0.960. The lowest BCUT2D eigenvalue weighted by Gasteiger charge is -2.35. The summed E-state index contributed by atoms with van der Waals surface area (Å²) in [4.78, 5) is 19.3. The Labute approximate surface area is 190 Å². The van der Waals surface area contributed by atoms with Crippen LogP contribution in [0.4, 0.5) is 13.2 Å². The second-order valence-corrected chi connectivity index (χ2v) is 8.92. The Morgan fingerprint density at radius 3 is 2.45 bits per heavy atom. The number of piperidine rings is 1. The summed E-state index contributed by atoms with van der Waals surface area (Å²) in [7, 11) is 0. The number of rotatable bonds is 3. The normalized spacial score (nSPS) is 21.7. The Balaban J connectivity index is 1.44. The molecular formula is C26H24F3N3O. The highest BCUT2D eigenvalue weighted by molar-refractivity contribution is 5.99. The van der Waals surface area contributed by atoms with Crippen molar-refractivity contribution in [3.63, 3.8) is 0 Å². The molecule has 1 amide bonds. The number of benzene rings is 2. The van der Waals surface area contributed by atoms with Crippen LogP contribution in [0.5, 0.6) is 0 Å². The van der Waals surface area contributed by atoms with Gasteiger partial charge in [-0.2, -0.15) is 0 Å². The summed E-state index contributed by atoms with van der Waals surface area (Å²) >= 11 is 0. The number of carbonyl (C=O) groups excluding carboxylic acids is 1. The van der Waals surface area contributed by atoms with Crippen molar-refractivity contribution >= 4 is 12.0 Å². The zero-order chi connectivity index (χ0) is 23.3. The lowest BCUT2D eigenvalue weighted by atomic mass is 9.95. The maximum absolute atomic E-state index is 14.5. The number of amides is 1. The van der Waals surface area contributed by atoms with Gasteiger partial charge in [0.25, 0.3) is 5.91 Å². The van der Waals surface area contributed by atoms with Gasteiger partial charge in [0.05, 0.1) is 18.1 Å². The summed E-state index contributed by atoms with van der Waals surface area (Å²) in [5.74, 6) is -3.05. The van der Waals surface area contributed by atoms with Crippen LogP contribution in [-0.4, -0.2) is 26.4 Å². The number of imidazole rings is 1. The molecule has 0 aliphatic carbocycles. The van der Waals surface area contributed by atoms with Gasteiger partial charge in [-0.15, -0.1) is 0 Å². The van der Waals surface area contributed by atoms with E-state index in [1.165, 1.54) is 0 Å². The Bertz CT molecular complexity index is 1260. The van der Waals surface area contributed by atoms with Gasteiger partial charge in [-0.1, -0.05) is 6.07 Å². The molecule has 0 saturated carbocycles. The number of carbonyl (C=O) groups is 1. The summed E-state index contributed by atoms with van der Waals surface area (Å²) in [6.45, 7) is 3.93. The van der Waals surface area contributed by atoms with Gasteiger partial charge in [0.1, 0.15) is 17.5 Å². The second kappa shape index (κ2) is 8.21. The molecule has 33 heavy (non-hydrogen) atoms. The fourth-order valence-electron chi connectivity index (χ4n) is 5.17. The summed E-state index contributed by atoms with van der Waals surface area (Å²) in [6.07, 6.45) is 8.07. The monoisotopic (exact) mass is 451 g/mol. The molecule has 0 N–H and O–H groups in total. The van der Waals surface area contributed by atoms with E-state index in [9.17, 15) is 18.0 Å². The molecule has 3 heterocycles. The molecule has 0 radical (unpaired) electrons. The molecule has 2 saturated heterocycles. The second-order valence-electron chi connectivity index (χ2n) is 8.92. The largest absolute Gasteiger partial charge is 0.329 e. The number of hydrogen-bond donors (Lipinski definition) is 0. The van der Waals surface area contributed by atoms with Gasteiger partial charge in [0.15, 0.2) is 0 Å². The third-order valence-corrected chi connectivity index (χ3v) is 6.69. The number of aryl methyl sites for hydroxylation is 2. The summed E-state index contributed by atoms with van der Waals surface area (Å²) in [5.41, 5.74) is 4.27. The molecule has 1 aromatic heterocycles. The molecule has 2 aliphatic rings. The first-order chi connectivity index (χ1) is 15.8. The van der Waals surface area contributed by atoms with E-state index in [0.29, 0.717) is 37.0 Å². The average molecular weight is 451 g/mol. The fourth-order valence-corrected chi connectivity index (χ4v) is 5.17. The van der Waals surface area contributed by atoms with E-state index < -0.39 is 23.5 Å². The highest BCUT2D eigenvalue weighted by Gasteiger charge is 2.43. The van der Waals surface area contributed by atoms with Crippen molar-refractivity contribution in [1.82, 2.24) is 14.5 Å². The summed E-state index contributed by atoms with van der Waals surface area (Å²) < 4.78 is 44.3. The van der Waals surface area contributed by atoms with Crippen LogP contribution in [0.2, 0.25) is 0 Å². The van der Waals surface area contributed by atoms with Crippen LogP contribution >= 0.6 is 0 Å². The average Bonchev–Trinajstić information content (AvgIpc) is 3.36. The number of halogens is 3. The van der Waals surface area contributed by atoms with Crippen molar-refractivity contribution in [2.24, 2.45) is 0 Å². The van der Waals surface area contributed by atoms with Crippen LogP contribution in [0.1, 0.15) is 54.1 Å². The van der Waals surface area contributed by atoms with E-state index >= 15 is 0 Å². The van der Waals surface area contributed by atoms with Crippen LogP contribution < -0.4 is 0 Å². The van der Waals surface area contributed by atoms with E-state index in [1.54, 1.807) is 11.2 Å². The molecule has 2 aliphatic heterocycles. The van der Waals surface area contributed by atoms with Gasteiger partial charge < -0.3 is 9.47 Å². The Morgan fingerprint density at radius 1 is 1.03 bits per heavy atom. The zero-order valence-electron chi connectivity index (χ0n) is 18.5. The third-order valence-electron chi connectivity index (χ3n) is 6.69. The SMILES string of the molecule is Cc1cn(-c2ccc(/C=C3\CC[C@H]4CC[C@@H](c5c(F)cc(F)cc5F)N4C3=O)cc2C)cn1. The lowest BCUT2D eigenvalue weighted by Crippen LogP contribution is -2.42. The van der Waals surface area contributed by atoms with Crippen molar-refractivity contribution < 1.29 is 18.0 Å². The fraction of sp³-hybridized carbons (Fsp3) is 0.308. The number of fused-ring (bicyclic) bond motifs is 1. The molecule has 0 unspecified atom stereocenters. The first-order valence-corrected chi connectivity index (χ1v) is 11.1. The molecule has 0 bridgehead atoms. The molecule has 2 atom stereocenters. The van der Waals surface area contributed by atoms with Gasteiger partial charge in [0.2, 0.25) is 0 Å². The molecule has 2 aromatic carbocycles. The molecule has 0 spiro atoms. The van der Waals surface area contributed by atoms with Crippen LogP contribution in [-0.2, 0) is 4.79 Å². The first-order valence-electron chi connectivity index (χ1n) is 11.1. The molecule has 5 rings (SSSR count). The van der Waals surface area contributed by atoms with Gasteiger partial charge in [-0.3, -0.25) is 4.79 Å².